The maximum absolute atomic E-state index is 10.8. The van der Waals surface area contributed by atoms with Crippen molar-refractivity contribution in [2.75, 3.05) is 19.6 Å². The highest BCUT2D eigenvalue weighted by Gasteiger charge is 2.38. The molecule has 0 atom stereocenters. The van der Waals surface area contributed by atoms with Gasteiger partial charge >= 0.3 is 5.97 Å². The van der Waals surface area contributed by atoms with Crippen LogP contribution in [0.15, 0.2) is 24.5 Å². The Kier molecular flexibility index (Phi) is 3.71. The summed E-state index contributed by atoms with van der Waals surface area (Å²) in [7, 11) is 0. The van der Waals surface area contributed by atoms with Crippen LogP contribution >= 0.6 is 0 Å². The second kappa shape index (κ2) is 5.25. The smallest absolute Gasteiger partial charge is 0.305 e. The largest absolute Gasteiger partial charge is 0.481 e. The minimum atomic E-state index is -0.750. The number of aliphatic carboxylic acids is 1. The Morgan fingerprint density at radius 1 is 1.59 bits per heavy atom. The molecule has 1 aliphatic heterocycles. The number of pyridine rings is 1. The Bertz CT molecular complexity index is 377. The van der Waals surface area contributed by atoms with Crippen LogP contribution in [-0.2, 0) is 11.2 Å². The van der Waals surface area contributed by atoms with Crippen LogP contribution < -0.4 is 10.6 Å². The Labute approximate surface area is 100 Å². The molecule has 0 bridgehead atoms. The summed E-state index contributed by atoms with van der Waals surface area (Å²) >= 11 is 0. The summed E-state index contributed by atoms with van der Waals surface area (Å²) < 4.78 is 0. The number of hydrogen-bond donors (Lipinski definition) is 3. The molecule has 17 heavy (non-hydrogen) atoms. The van der Waals surface area contributed by atoms with E-state index in [-0.39, 0.29) is 12.0 Å². The van der Waals surface area contributed by atoms with Crippen LogP contribution in [0.5, 0.6) is 0 Å². The molecule has 2 rings (SSSR count). The highest BCUT2D eigenvalue weighted by atomic mass is 16.4. The van der Waals surface area contributed by atoms with Gasteiger partial charge in [0, 0.05) is 25.5 Å². The zero-order chi connectivity index (χ0) is 12.1. The molecule has 2 heterocycles. The van der Waals surface area contributed by atoms with Gasteiger partial charge in [0.25, 0.3) is 0 Å². The monoisotopic (exact) mass is 235 g/mol. The van der Waals surface area contributed by atoms with E-state index in [0.29, 0.717) is 0 Å². The molecule has 1 saturated heterocycles. The van der Waals surface area contributed by atoms with E-state index in [0.717, 1.165) is 31.6 Å². The molecule has 1 aromatic rings. The van der Waals surface area contributed by atoms with E-state index in [4.69, 9.17) is 5.11 Å². The molecule has 0 aromatic carbocycles. The van der Waals surface area contributed by atoms with E-state index >= 15 is 0 Å². The molecule has 1 aromatic heterocycles. The Morgan fingerprint density at radius 3 is 2.94 bits per heavy atom. The van der Waals surface area contributed by atoms with Crippen LogP contribution in [0.3, 0.4) is 0 Å². The fourth-order valence-corrected chi connectivity index (χ4v) is 2.05. The quantitative estimate of drug-likeness (QED) is 0.648. The topological polar surface area (TPSA) is 74.2 Å². The molecule has 3 N–H and O–H groups in total. The van der Waals surface area contributed by atoms with Crippen molar-refractivity contribution >= 4 is 5.97 Å². The van der Waals surface area contributed by atoms with E-state index in [2.05, 4.69) is 15.6 Å². The first-order valence-corrected chi connectivity index (χ1v) is 5.77. The van der Waals surface area contributed by atoms with E-state index in [9.17, 15) is 4.79 Å². The number of carboxylic acid groups (broad SMARTS) is 1. The second-order valence-corrected chi connectivity index (χ2v) is 4.49. The number of carboxylic acids is 1. The molecule has 0 saturated carbocycles. The molecular formula is C12H17N3O2. The molecule has 0 amide bonds. The number of hydrogen-bond acceptors (Lipinski definition) is 4. The van der Waals surface area contributed by atoms with Crippen LogP contribution in [-0.4, -0.2) is 41.2 Å². The summed E-state index contributed by atoms with van der Waals surface area (Å²) in [6, 6.07) is 3.94. The van der Waals surface area contributed by atoms with Crippen LogP contribution in [0.2, 0.25) is 0 Å². The van der Waals surface area contributed by atoms with Gasteiger partial charge in [-0.05, 0) is 24.6 Å². The maximum Gasteiger partial charge on any atom is 0.305 e. The van der Waals surface area contributed by atoms with Gasteiger partial charge in [-0.2, -0.15) is 0 Å². The molecule has 1 fully saturated rings. The van der Waals surface area contributed by atoms with Gasteiger partial charge in [-0.15, -0.1) is 0 Å². The zero-order valence-corrected chi connectivity index (χ0v) is 9.65. The third-order valence-corrected chi connectivity index (χ3v) is 3.05. The normalized spacial score (nSPS) is 17.4. The van der Waals surface area contributed by atoms with Gasteiger partial charge in [0.05, 0.1) is 12.0 Å². The summed E-state index contributed by atoms with van der Waals surface area (Å²) in [6.45, 7) is 2.24. The number of carbonyl (C=O) groups is 1. The summed E-state index contributed by atoms with van der Waals surface area (Å²) in [5, 5.41) is 15.3. The third kappa shape index (κ3) is 3.25. The average molecular weight is 235 g/mol. The van der Waals surface area contributed by atoms with E-state index in [1.165, 1.54) is 0 Å². The number of aromatic nitrogens is 1. The van der Waals surface area contributed by atoms with Gasteiger partial charge < -0.3 is 15.7 Å². The first kappa shape index (κ1) is 12.0. The van der Waals surface area contributed by atoms with Gasteiger partial charge in [0.15, 0.2) is 0 Å². The van der Waals surface area contributed by atoms with Crippen molar-refractivity contribution in [2.45, 2.75) is 18.4 Å². The van der Waals surface area contributed by atoms with Gasteiger partial charge in [-0.3, -0.25) is 9.78 Å². The summed E-state index contributed by atoms with van der Waals surface area (Å²) in [6.07, 6.45) is 4.63. The Hall–Kier alpha value is -1.46. The van der Waals surface area contributed by atoms with Crippen molar-refractivity contribution in [3.63, 3.8) is 0 Å². The number of nitrogens with one attached hydrogen (secondary N) is 2. The lowest BCUT2D eigenvalue weighted by atomic mass is 9.88. The first-order valence-electron chi connectivity index (χ1n) is 5.77. The van der Waals surface area contributed by atoms with E-state index in [1.54, 1.807) is 6.20 Å². The van der Waals surface area contributed by atoms with Crippen molar-refractivity contribution in [1.82, 2.24) is 15.6 Å². The van der Waals surface area contributed by atoms with Gasteiger partial charge in [0.2, 0.25) is 0 Å². The molecule has 1 aliphatic rings. The van der Waals surface area contributed by atoms with Gasteiger partial charge in [-0.25, -0.2) is 0 Å². The van der Waals surface area contributed by atoms with E-state index in [1.807, 2.05) is 18.3 Å². The third-order valence-electron chi connectivity index (χ3n) is 3.05. The summed E-state index contributed by atoms with van der Waals surface area (Å²) in [5.74, 6) is -0.750. The molecule has 5 heteroatoms. The fraction of sp³-hybridized carbons (Fsp3) is 0.500. The summed E-state index contributed by atoms with van der Waals surface area (Å²) in [4.78, 5) is 14.8. The Morgan fingerprint density at radius 2 is 2.41 bits per heavy atom. The SMILES string of the molecule is O=C(O)CC1(NCCc2cccnc2)CNC1. The fourth-order valence-electron chi connectivity index (χ4n) is 2.05. The number of nitrogens with zero attached hydrogens (tertiary/aromatic N) is 1. The van der Waals surface area contributed by atoms with Crippen LogP contribution in [0, 0.1) is 0 Å². The van der Waals surface area contributed by atoms with Crippen molar-refractivity contribution < 1.29 is 9.90 Å². The number of rotatable bonds is 6. The van der Waals surface area contributed by atoms with E-state index < -0.39 is 5.97 Å². The van der Waals surface area contributed by atoms with Crippen LogP contribution in [0.4, 0.5) is 0 Å². The molecule has 5 nitrogen and oxygen atoms in total. The van der Waals surface area contributed by atoms with Gasteiger partial charge in [-0.1, -0.05) is 6.07 Å². The molecule has 0 spiro atoms. The van der Waals surface area contributed by atoms with Crippen molar-refractivity contribution in [2.24, 2.45) is 0 Å². The molecule has 0 aliphatic carbocycles. The lowest BCUT2D eigenvalue weighted by molar-refractivity contribution is -0.139. The lowest BCUT2D eigenvalue weighted by Crippen LogP contribution is -2.68. The highest BCUT2D eigenvalue weighted by molar-refractivity contribution is 5.68. The lowest BCUT2D eigenvalue weighted by Gasteiger charge is -2.42. The predicted octanol–water partition coefficient (Wildman–Crippen LogP) is 0.0304. The van der Waals surface area contributed by atoms with Crippen molar-refractivity contribution in [1.29, 1.82) is 0 Å². The van der Waals surface area contributed by atoms with Crippen LogP contribution in [0.1, 0.15) is 12.0 Å². The zero-order valence-electron chi connectivity index (χ0n) is 9.65. The second-order valence-electron chi connectivity index (χ2n) is 4.49. The molecule has 0 radical (unpaired) electrons. The molecule has 0 unspecified atom stereocenters. The van der Waals surface area contributed by atoms with Gasteiger partial charge in [0.1, 0.15) is 0 Å². The molecular weight excluding hydrogens is 218 g/mol. The Balaban J connectivity index is 1.79. The predicted molar refractivity (Wildman–Crippen MR) is 63.8 cm³/mol. The average Bonchev–Trinajstić information content (AvgIpc) is 2.26. The standard InChI is InChI=1S/C12H17N3O2/c16-11(17)6-12(8-14-9-12)15-5-3-10-2-1-4-13-7-10/h1-2,4,7,14-15H,3,5-6,8-9H2,(H,16,17). The van der Waals surface area contributed by atoms with Crippen molar-refractivity contribution in [3.05, 3.63) is 30.1 Å². The van der Waals surface area contributed by atoms with Crippen LogP contribution in [0.25, 0.3) is 0 Å². The first-order chi connectivity index (χ1) is 8.20. The minimum Gasteiger partial charge on any atom is -0.481 e. The minimum absolute atomic E-state index is 0.174. The van der Waals surface area contributed by atoms with Crippen molar-refractivity contribution in [3.8, 4) is 0 Å². The molecule has 92 valence electrons. The maximum atomic E-state index is 10.8. The highest BCUT2D eigenvalue weighted by Crippen LogP contribution is 2.15. The summed E-state index contributed by atoms with van der Waals surface area (Å²) in [5.41, 5.74) is 0.909.